The van der Waals surface area contributed by atoms with Gasteiger partial charge in [0.15, 0.2) is 0 Å². The van der Waals surface area contributed by atoms with Crippen molar-refractivity contribution in [3.63, 3.8) is 0 Å². The smallest absolute Gasteiger partial charge is 0.237 e. The van der Waals surface area contributed by atoms with Crippen LogP contribution in [0.3, 0.4) is 0 Å². The Morgan fingerprint density at radius 2 is 2.08 bits per heavy atom. The fourth-order valence-electron chi connectivity index (χ4n) is 2.02. The molecule has 0 saturated heterocycles. The zero-order valence-electron chi connectivity index (χ0n) is 13.8. The number of nitrogens with one attached hydrogen (secondary N) is 1. The Morgan fingerprint density at radius 3 is 2.71 bits per heavy atom. The number of carbonyl (C=O) groups is 1. The summed E-state index contributed by atoms with van der Waals surface area (Å²) in [5.41, 5.74) is 7.54. The highest BCUT2D eigenvalue weighted by Crippen LogP contribution is 2.14. The first kappa shape index (κ1) is 20.3. The number of ether oxygens (including phenoxy) is 1. The average Bonchev–Trinajstić information content (AvgIpc) is 3.06. The number of hydrogen-bond acceptors (Lipinski definition) is 5. The number of carbonyl (C=O) groups excluding carboxylic acids is 1. The zero-order valence-corrected chi connectivity index (χ0v) is 15.4. The normalized spacial score (nSPS) is 11.5. The molecular weight excluding hydrogens is 348 g/mol. The van der Waals surface area contributed by atoms with E-state index in [1.54, 1.807) is 23.6 Å². The molecule has 0 aliphatic heterocycles. The Hall–Kier alpha value is -1.70. The van der Waals surface area contributed by atoms with E-state index >= 15 is 0 Å². The summed E-state index contributed by atoms with van der Waals surface area (Å²) in [6.07, 6.45) is 4.53. The molecular formula is C16H23ClN4O2S. The van der Waals surface area contributed by atoms with Crippen LogP contribution >= 0.6 is 24.2 Å². The van der Waals surface area contributed by atoms with Gasteiger partial charge in [0.2, 0.25) is 5.91 Å². The number of hydrogen-bond donors (Lipinski definition) is 2. The third-order valence-electron chi connectivity index (χ3n) is 3.39. The second-order valence-corrected chi connectivity index (χ2v) is 6.04. The van der Waals surface area contributed by atoms with Crippen LogP contribution in [0.1, 0.15) is 12.1 Å². The number of thioether (sulfide) groups is 1. The predicted molar refractivity (Wildman–Crippen MR) is 100 cm³/mol. The Labute approximate surface area is 152 Å². The van der Waals surface area contributed by atoms with Gasteiger partial charge in [-0.25, -0.2) is 4.68 Å². The van der Waals surface area contributed by atoms with E-state index in [2.05, 4.69) is 10.4 Å². The number of amides is 1. The highest BCUT2D eigenvalue weighted by molar-refractivity contribution is 7.98. The molecule has 0 radical (unpaired) electrons. The fourth-order valence-corrected chi connectivity index (χ4v) is 2.51. The highest BCUT2D eigenvalue weighted by atomic mass is 35.5. The van der Waals surface area contributed by atoms with Crippen molar-refractivity contribution in [2.24, 2.45) is 5.73 Å². The molecule has 1 amide bonds. The Balaban J connectivity index is 0.00000288. The van der Waals surface area contributed by atoms with E-state index in [1.807, 2.05) is 42.8 Å². The van der Waals surface area contributed by atoms with Gasteiger partial charge >= 0.3 is 0 Å². The average molecular weight is 371 g/mol. The maximum atomic E-state index is 11.9. The lowest BCUT2D eigenvalue weighted by atomic mass is 10.2. The first-order chi connectivity index (χ1) is 11.1. The number of benzene rings is 1. The van der Waals surface area contributed by atoms with Gasteiger partial charge in [-0.15, -0.1) is 12.4 Å². The Kier molecular flexibility index (Phi) is 8.67. The highest BCUT2D eigenvalue weighted by Gasteiger charge is 2.12. The Morgan fingerprint density at radius 1 is 1.38 bits per heavy atom. The van der Waals surface area contributed by atoms with E-state index in [0.29, 0.717) is 13.0 Å². The molecule has 1 aromatic carbocycles. The number of nitrogens with zero attached hydrogens (tertiary/aromatic N) is 2. The molecule has 0 aliphatic rings. The number of nitrogens with two attached hydrogens (primary N) is 1. The molecule has 3 N–H and O–H groups in total. The van der Waals surface area contributed by atoms with E-state index in [9.17, 15) is 4.79 Å². The molecule has 0 unspecified atom stereocenters. The van der Waals surface area contributed by atoms with Gasteiger partial charge in [-0.1, -0.05) is 0 Å². The minimum absolute atomic E-state index is 0. The molecule has 132 valence electrons. The lowest BCUT2D eigenvalue weighted by molar-refractivity contribution is -0.122. The zero-order chi connectivity index (χ0) is 16.7. The van der Waals surface area contributed by atoms with Gasteiger partial charge < -0.3 is 15.8 Å². The molecule has 0 aliphatic carbocycles. The minimum Gasteiger partial charge on any atom is -0.497 e. The minimum atomic E-state index is -0.467. The summed E-state index contributed by atoms with van der Waals surface area (Å²) < 4.78 is 6.89. The van der Waals surface area contributed by atoms with Crippen molar-refractivity contribution in [2.75, 3.05) is 19.1 Å². The standard InChI is InChI=1S/C16H22N4O2S.ClH/c1-22-14-5-3-13(4-6-14)20-9-7-12(19-20)11-18-16(21)15(17)8-10-23-2;/h3-7,9,15H,8,10-11,17H2,1-2H3,(H,18,21);1H/t15-;/m0./s1. The lowest BCUT2D eigenvalue weighted by Crippen LogP contribution is -2.40. The van der Waals surface area contributed by atoms with E-state index in [-0.39, 0.29) is 18.3 Å². The van der Waals surface area contributed by atoms with Crippen LogP contribution in [0.2, 0.25) is 0 Å². The lowest BCUT2D eigenvalue weighted by Gasteiger charge is -2.10. The molecule has 24 heavy (non-hydrogen) atoms. The third kappa shape index (κ3) is 5.74. The van der Waals surface area contributed by atoms with Gasteiger partial charge in [-0.3, -0.25) is 4.79 Å². The van der Waals surface area contributed by atoms with Crippen LogP contribution in [-0.4, -0.2) is 40.8 Å². The predicted octanol–water partition coefficient (Wildman–Crippen LogP) is 2.00. The largest absolute Gasteiger partial charge is 0.497 e. The van der Waals surface area contributed by atoms with Crippen molar-refractivity contribution >= 4 is 30.1 Å². The first-order valence-corrected chi connectivity index (χ1v) is 8.74. The van der Waals surface area contributed by atoms with Crippen LogP contribution in [-0.2, 0) is 11.3 Å². The van der Waals surface area contributed by atoms with Crippen molar-refractivity contribution in [3.05, 3.63) is 42.2 Å². The molecule has 0 bridgehead atoms. The molecule has 1 aromatic heterocycles. The second-order valence-electron chi connectivity index (χ2n) is 5.06. The molecule has 0 spiro atoms. The van der Waals surface area contributed by atoms with Crippen molar-refractivity contribution in [1.82, 2.24) is 15.1 Å². The van der Waals surface area contributed by atoms with Gasteiger partial charge in [0, 0.05) is 6.20 Å². The summed E-state index contributed by atoms with van der Waals surface area (Å²) in [5.74, 6) is 1.53. The van der Waals surface area contributed by atoms with Crippen molar-refractivity contribution in [1.29, 1.82) is 0 Å². The van der Waals surface area contributed by atoms with Crippen molar-refractivity contribution < 1.29 is 9.53 Å². The number of methoxy groups -OCH3 is 1. The maximum Gasteiger partial charge on any atom is 0.237 e. The quantitative estimate of drug-likeness (QED) is 0.742. The Bertz CT molecular complexity index is 633. The monoisotopic (exact) mass is 370 g/mol. The van der Waals surface area contributed by atoms with Crippen LogP contribution in [0.25, 0.3) is 5.69 Å². The van der Waals surface area contributed by atoms with Gasteiger partial charge in [0.05, 0.1) is 31.1 Å². The molecule has 2 rings (SSSR count). The number of rotatable bonds is 8. The van der Waals surface area contributed by atoms with Crippen LogP contribution in [0, 0.1) is 0 Å². The van der Waals surface area contributed by atoms with Gasteiger partial charge in [0.1, 0.15) is 5.75 Å². The summed E-state index contributed by atoms with van der Waals surface area (Å²) in [6.45, 7) is 0.370. The van der Waals surface area contributed by atoms with Crippen LogP contribution in [0.15, 0.2) is 36.5 Å². The molecule has 2 aromatic rings. The van der Waals surface area contributed by atoms with Crippen LogP contribution in [0.4, 0.5) is 0 Å². The molecule has 8 heteroatoms. The molecule has 6 nitrogen and oxygen atoms in total. The van der Waals surface area contributed by atoms with Gasteiger partial charge in [-0.05, 0) is 48.8 Å². The maximum absolute atomic E-state index is 11.9. The topological polar surface area (TPSA) is 82.2 Å². The summed E-state index contributed by atoms with van der Waals surface area (Å²) >= 11 is 1.68. The summed E-state index contributed by atoms with van der Waals surface area (Å²) in [7, 11) is 1.63. The number of aromatic nitrogens is 2. The SMILES string of the molecule is COc1ccc(-n2ccc(CNC(=O)[C@@H](N)CCSC)n2)cc1.Cl. The summed E-state index contributed by atoms with van der Waals surface area (Å²) in [6, 6.07) is 9.01. The van der Waals surface area contributed by atoms with Crippen LogP contribution < -0.4 is 15.8 Å². The van der Waals surface area contributed by atoms with E-state index in [4.69, 9.17) is 10.5 Å². The summed E-state index contributed by atoms with van der Waals surface area (Å²) in [4.78, 5) is 11.9. The second kappa shape index (κ2) is 10.2. The number of halogens is 1. The molecule has 1 atom stereocenters. The van der Waals surface area contributed by atoms with E-state index in [1.165, 1.54) is 0 Å². The van der Waals surface area contributed by atoms with E-state index in [0.717, 1.165) is 22.9 Å². The molecule has 1 heterocycles. The van der Waals surface area contributed by atoms with Crippen molar-refractivity contribution in [2.45, 2.75) is 19.0 Å². The van der Waals surface area contributed by atoms with Gasteiger partial charge in [-0.2, -0.15) is 16.9 Å². The fraction of sp³-hybridized carbons (Fsp3) is 0.375. The molecule has 0 fully saturated rings. The first-order valence-electron chi connectivity index (χ1n) is 7.35. The molecule has 0 saturated carbocycles. The van der Waals surface area contributed by atoms with Crippen molar-refractivity contribution in [3.8, 4) is 11.4 Å². The van der Waals surface area contributed by atoms with E-state index < -0.39 is 6.04 Å². The van der Waals surface area contributed by atoms with Gasteiger partial charge in [0.25, 0.3) is 0 Å². The van der Waals surface area contributed by atoms with Crippen LogP contribution in [0.5, 0.6) is 5.75 Å². The third-order valence-corrected chi connectivity index (χ3v) is 4.04. The summed E-state index contributed by atoms with van der Waals surface area (Å²) in [5, 5.41) is 7.27.